The van der Waals surface area contributed by atoms with Crippen LogP contribution in [0.25, 0.3) is 0 Å². The third-order valence-electron chi connectivity index (χ3n) is 2.09. The molecule has 0 aromatic carbocycles. The van der Waals surface area contributed by atoms with Crippen molar-refractivity contribution in [3.63, 3.8) is 0 Å². The molecule has 0 saturated heterocycles. The summed E-state index contributed by atoms with van der Waals surface area (Å²) in [5, 5.41) is 0. The van der Waals surface area contributed by atoms with Crippen LogP contribution in [-0.2, 0) is 0 Å². The van der Waals surface area contributed by atoms with Crippen LogP contribution < -0.4 is 0 Å². The molecule has 0 fully saturated rings. The average Bonchev–Trinajstić information content (AvgIpc) is 2.21. The molecule has 0 aromatic rings. The van der Waals surface area contributed by atoms with Gasteiger partial charge in [-0.2, -0.15) is 0 Å². The molecule has 0 heterocycles. The molecule has 14 heavy (non-hydrogen) atoms. The van der Waals surface area contributed by atoms with Gasteiger partial charge in [-0.15, -0.1) is 0 Å². The summed E-state index contributed by atoms with van der Waals surface area (Å²) in [5.41, 5.74) is 2.12. The molecule has 0 aliphatic carbocycles. The first kappa shape index (κ1) is 12.8. The molecule has 0 atom stereocenters. The third kappa shape index (κ3) is 5.41. The number of rotatable bonds is 7. The maximum Gasteiger partial charge on any atom is 0.0287 e. The number of hydrogen-bond acceptors (Lipinski definition) is 1. The van der Waals surface area contributed by atoms with Crippen molar-refractivity contribution in [1.29, 1.82) is 0 Å². The Morgan fingerprint density at radius 3 is 2.50 bits per heavy atom. The Morgan fingerprint density at radius 2 is 2.00 bits per heavy atom. The first-order valence-corrected chi connectivity index (χ1v) is 4.98. The van der Waals surface area contributed by atoms with Crippen LogP contribution in [0.5, 0.6) is 0 Å². The van der Waals surface area contributed by atoms with Crippen molar-refractivity contribution in [3.05, 3.63) is 49.2 Å². The molecule has 0 radical (unpaired) electrons. The van der Waals surface area contributed by atoms with E-state index in [9.17, 15) is 0 Å². The molecule has 1 heteroatoms. The lowest BCUT2D eigenvalue weighted by Gasteiger charge is -2.19. The maximum atomic E-state index is 3.98. The van der Waals surface area contributed by atoms with Crippen LogP contribution >= 0.6 is 0 Å². The van der Waals surface area contributed by atoms with Gasteiger partial charge in [-0.05, 0) is 18.9 Å². The first-order chi connectivity index (χ1) is 6.61. The standard InChI is InChI=1S/C13H21N/c1-6-8-9-13(4)14(5)11-10-12(3)7-2/h7-9H,2-4,6,10-11H2,1,5H3/b9-8-. The van der Waals surface area contributed by atoms with Gasteiger partial charge in [0.2, 0.25) is 0 Å². The zero-order chi connectivity index (χ0) is 11.0. The number of likely N-dealkylation sites (N-methyl/N-ethyl adjacent to an activating group) is 1. The maximum absolute atomic E-state index is 3.98. The highest BCUT2D eigenvalue weighted by atomic mass is 15.1. The van der Waals surface area contributed by atoms with Gasteiger partial charge in [0.1, 0.15) is 0 Å². The van der Waals surface area contributed by atoms with Crippen molar-refractivity contribution < 1.29 is 0 Å². The summed E-state index contributed by atoms with van der Waals surface area (Å²) in [4.78, 5) is 2.13. The van der Waals surface area contributed by atoms with Crippen LogP contribution in [0.4, 0.5) is 0 Å². The minimum absolute atomic E-state index is 0.942. The normalized spacial score (nSPS) is 10.1. The monoisotopic (exact) mass is 191 g/mol. The molecule has 78 valence electrons. The largest absolute Gasteiger partial charge is 0.375 e. The summed E-state index contributed by atoms with van der Waals surface area (Å²) in [6.07, 6.45) is 7.96. The fourth-order valence-electron chi connectivity index (χ4n) is 0.938. The van der Waals surface area contributed by atoms with E-state index in [2.05, 4.69) is 43.7 Å². The second-order valence-corrected chi connectivity index (χ2v) is 3.34. The lowest BCUT2D eigenvalue weighted by atomic mass is 10.2. The van der Waals surface area contributed by atoms with Crippen molar-refractivity contribution in [2.75, 3.05) is 13.6 Å². The Morgan fingerprint density at radius 1 is 1.36 bits per heavy atom. The minimum atomic E-state index is 0.942. The molecule has 1 nitrogen and oxygen atoms in total. The number of nitrogens with zero attached hydrogens (tertiary/aromatic N) is 1. The van der Waals surface area contributed by atoms with Crippen molar-refractivity contribution in [1.82, 2.24) is 4.90 Å². The zero-order valence-corrected chi connectivity index (χ0v) is 9.42. The predicted octanol–water partition coefficient (Wildman–Crippen LogP) is 3.53. The van der Waals surface area contributed by atoms with Crippen LogP contribution in [0.1, 0.15) is 19.8 Å². The third-order valence-corrected chi connectivity index (χ3v) is 2.09. The van der Waals surface area contributed by atoms with Gasteiger partial charge in [0.25, 0.3) is 0 Å². The van der Waals surface area contributed by atoms with Crippen LogP contribution in [0.15, 0.2) is 49.2 Å². The first-order valence-electron chi connectivity index (χ1n) is 4.98. The van der Waals surface area contributed by atoms with Gasteiger partial charge in [0.15, 0.2) is 0 Å². The summed E-state index contributed by atoms with van der Waals surface area (Å²) < 4.78 is 0. The molecule has 0 amide bonds. The van der Waals surface area contributed by atoms with Gasteiger partial charge in [-0.1, -0.05) is 44.4 Å². The Labute approximate surface area is 88.1 Å². The van der Waals surface area contributed by atoms with E-state index in [1.54, 1.807) is 6.08 Å². The van der Waals surface area contributed by atoms with Gasteiger partial charge in [-0.25, -0.2) is 0 Å². The lowest BCUT2D eigenvalue weighted by Crippen LogP contribution is -2.17. The van der Waals surface area contributed by atoms with Gasteiger partial charge in [0.05, 0.1) is 0 Å². The van der Waals surface area contributed by atoms with E-state index in [1.807, 2.05) is 7.05 Å². The Hall–Kier alpha value is -1.24. The summed E-state index contributed by atoms with van der Waals surface area (Å²) in [7, 11) is 2.04. The van der Waals surface area contributed by atoms with Gasteiger partial charge in [0, 0.05) is 19.3 Å². The summed E-state index contributed by atoms with van der Waals surface area (Å²) in [5.74, 6) is 0. The van der Waals surface area contributed by atoms with E-state index in [0.717, 1.165) is 30.7 Å². The Kier molecular flexibility index (Phi) is 6.55. The van der Waals surface area contributed by atoms with Crippen LogP contribution in [-0.4, -0.2) is 18.5 Å². The summed E-state index contributed by atoms with van der Waals surface area (Å²) in [6, 6.07) is 0. The van der Waals surface area contributed by atoms with Gasteiger partial charge in [-0.3, -0.25) is 0 Å². The fourth-order valence-corrected chi connectivity index (χ4v) is 0.938. The van der Waals surface area contributed by atoms with E-state index in [-0.39, 0.29) is 0 Å². The Bertz CT molecular complexity index is 236. The van der Waals surface area contributed by atoms with Crippen LogP contribution in [0.2, 0.25) is 0 Å². The molecule has 0 bridgehead atoms. The predicted molar refractivity (Wildman–Crippen MR) is 65.2 cm³/mol. The molecule has 0 spiro atoms. The molecular formula is C13H21N. The average molecular weight is 191 g/mol. The van der Waals surface area contributed by atoms with Gasteiger partial charge < -0.3 is 4.90 Å². The minimum Gasteiger partial charge on any atom is -0.375 e. The smallest absolute Gasteiger partial charge is 0.0287 e. The van der Waals surface area contributed by atoms with Crippen molar-refractivity contribution in [2.24, 2.45) is 0 Å². The van der Waals surface area contributed by atoms with E-state index < -0.39 is 0 Å². The van der Waals surface area contributed by atoms with Crippen molar-refractivity contribution in [2.45, 2.75) is 19.8 Å². The van der Waals surface area contributed by atoms with Crippen LogP contribution in [0.3, 0.4) is 0 Å². The molecular weight excluding hydrogens is 170 g/mol. The van der Waals surface area contributed by atoms with Crippen LogP contribution in [0, 0.1) is 0 Å². The Balaban J connectivity index is 3.89. The highest BCUT2D eigenvalue weighted by molar-refractivity contribution is 5.15. The second-order valence-electron chi connectivity index (χ2n) is 3.34. The summed E-state index contributed by atoms with van der Waals surface area (Å²) in [6.45, 7) is 14.6. The van der Waals surface area contributed by atoms with Gasteiger partial charge >= 0.3 is 0 Å². The van der Waals surface area contributed by atoms with E-state index >= 15 is 0 Å². The van der Waals surface area contributed by atoms with E-state index in [4.69, 9.17) is 0 Å². The number of hydrogen-bond donors (Lipinski definition) is 0. The molecule has 0 aliphatic heterocycles. The topological polar surface area (TPSA) is 3.24 Å². The molecule has 0 aromatic heterocycles. The lowest BCUT2D eigenvalue weighted by molar-refractivity contribution is 0.437. The van der Waals surface area contributed by atoms with Crippen molar-refractivity contribution >= 4 is 0 Å². The van der Waals surface area contributed by atoms with Crippen molar-refractivity contribution in [3.8, 4) is 0 Å². The second kappa shape index (κ2) is 7.19. The molecule has 0 unspecified atom stereocenters. The molecule has 0 aliphatic rings. The highest BCUT2D eigenvalue weighted by Gasteiger charge is 1.98. The van der Waals surface area contributed by atoms with E-state index in [1.165, 1.54) is 0 Å². The SMILES string of the molecule is C=CC(=C)CCN(C)C(=C)/C=C\CC. The fraction of sp³-hybridized carbons (Fsp3) is 0.385. The molecule has 0 N–H and O–H groups in total. The molecule has 0 saturated carbocycles. The highest BCUT2D eigenvalue weighted by Crippen LogP contribution is 2.06. The summed E-state index contributed by atoms with van der Waals surface area (Å²) >= 11 is 0. The molecule has 0 rings (SSSR count). The zero-order valence-electron chi connectivity index (χ0n) is 9.42. The quantitative estimate of drug-likeness (QED) is 0.556. The number of allylic oxidation sites excluding steroid dienone is 3. The van der Waals surface area contributed by atoms with E-state index in [0.29, 0.717) is 0 Å².